The molecule has 0 heterocycles. The van der Waals surface area contributed by atoms with Crippen molar-refractivity contribution in [1.29, 1.82) is 5.26 Å². The summed E-state index contributed by atoms with van der Waals surface area (Å²) in [5.74, 6) is -1.83. The number of amides is 1. The molecule has 0 atom stereocenters. The maximum absolute atomic E-state index is 12.1. The minimum Gasteiger partial charge on any atom is -0.481 e. The summed E-state index contributed by atoms with van der Waals surface area (Å²) in [6, 6.07) is 7.97. The van der Waals surface area contributed by atoms with Crippen LogP contribution in [-0.2, 0) is 14.3 Å². The summed E-state index contributed by atoms with van der Waals surface area (Å²) in [5.41, 5.74) is 0.730. The van der Waals surface area contributed by atoms with E-state index in [0.29, 0.717) is 24.2 Å². The first-order valence-electron chi connectivity index (χ1n) is 8.62. The molecule has 8 nitrogen and oxygen atoms in total. The molecule has 27 heavy (non-hydrogen) atoms. The van der Waals surface area contributed by atoms with Crippen molar-refractivity contribution < 1.29 is 24.2 Å². The number of nitriles is 1. The summed E-state index contributed by atoms with van der Waals surface area (Å²) in [6.45, 7) is 2.53. The zero-order valence-corrected chi connectivity index (χ0v) is 15.2. The Kier molecular flexibility index (Phi) is 9.71. The van der Waals surface area contributed by atoms with Gasteiger partial charge in [0, 0.05) is 24.9 Å². The van der Waals surface area contributed by atoms with Crippen LogP contribution in [0, 0.1) is 11.3 Å². The Hall–Kier alpha value is -3.34. The van der Waals surface area contributed by atoms with Gasteiger partial charge in [0.15, 0.2) is 0 Å². The average Bonchev–Trinajstić information content (AvgIpc) is 2.64. The number of nitrogens with zero attached hydrogens (tertiary/aromatic N) is 1. The van der Waals surface area contributed by atoms with Crippen LogP contribution in [0.4, 0.5) is 5.69 Å². The van der Waals surface area contributed by atoms with Crippen molar-refractivity contribution >= 4 is 23.5 Å². The van der Waals surface area contributed by atoms with Gasteiger partial charge in [0.2, 0.25) is 0 Å². The van der Waals surface area contributed by atoms with Gasteiger partial charge in [-0.15, -0.1) is 0 Å². The average molecular weight is 373 g/mol. The predicted octanol–water partition coefficient (Wildman–Crippen LogP) is 2.44. The van der Waals surface area contributed by atoms with E-state index in [0.717, 1.165) is 12.8 Å². The van der Waals surface area contributed by atoms with Crippen LogP contribution in [0.15, 0.2) is 36.0 Å². The van der Waals surface area contributed by atoms with Crippen molar-refractivity contribution in [3.05, 3.63) is 41.6 Å². The van der Waals surface area contributed by atoms with Crippen molar-refractivity contribution in [2.45, 2.75) is 32.6 Å². The maximum Gasteiger partial charge on any atom is 0.338 e. The monoisotopic (exact) mass is 373 g/mol. The van der Waals surface area contributed by atoms with Gasteiger partial charge in [0.25, 0.3) is 5.91 Å². The van der Waals surface area contributed by atoms with Gasteiger partial charge in [0.1, 0.15) is 11.6 Å². The third-order valence-corrected chi connectivity index (χ3v) is 3.48. The number of carbonyl (C=O) groups is 3. The number of unbranched alkanes of at least 4 members (excludes halogenated alkanes) is 2. The first-order chi connectivity index (χ1) is 13.0. The summed E-state index contributed by atoms with van der Waals surface area (Å²) < 4.78 is 4.88. The van der Waals surface area contributed by atoms with Crippen LogP contribution < -0.4 is 10.6 Å². The third kappa shape index (κ3) is 8.54. The molecule has 1 aromatic carbocycles. The second-order valence-corrected chi connectivity index (χ2v) is 5.58. The standard InChI is InChI=1S/C19H23N3O5/c1-2-27-19(26)14-7-9-16(10-8-14)22-18(25)15(12-20)13-21-11-5-3-4-6-17(23)24/h7-10,13,21H,2-6,11H2,1H3,(H,22,25)(H,23,24)/b15-13-. The number of rotatable bonds is 11. The Bertz CT molecular complexity index is 720. The number of benzene rings is 1. The number of aliphatic carboxylic acids is 1. The first kappa shape index (κ1) is 21.7. The molecule has 0 spiro atoms. The fraction of sp³-hybridized carbons (Fsp3) is 0.368. The van der Waals surface area contributed by atoms with Crippen LogP contribution in [0.2, 0.25) is 0 Å². The summed E-state index contributed by atoms with van der Waals surface area (Å²) in [7, 11) is 0. The number of hydrogen-bond acceptors (Lipinski definition) is 6. The van der Waals surface area contributed by atoms with Gasteiger partial charge >= 0.3 is 11.9 Å². The summed E-state index contributed by atoms with van der Waals surface area (Å²) in [5, 5.41) is 23.1. The molecular formula is C19H23N3O5. The number of carboxylic acid groups (broad SMARTS) is 1. The van der Waals surface area contributed by atoms with Crippen molar-refractivity contribution in [3.8, 4) is 6.07 Å². The molecule has 0 aliphatic heterocycles. The lowest BCUT2D eigenvalue weighted by molar-refractivity contribution is -0.137. The van der Waals surface area contributed by atoms with Gasteiger partial charge in [-0.3, -0.25) is 9.59 Å². The Balaban J connectivity index is 2.47. The SMILES string of the molecule is CCOC(=O)c1ccc(NC(=O)/C(C#N)=C\NCCCCCC(=O)O)cc1. The molecule has 0 unspecified atom stereocenters. The topological polar surface area (TPSA) is 129 Å². The van der Waals surface area contributed by atoms with Gasteiger partial charge in [-0.25, -0.2) is 4.79 Å². The highest BCUT2D eigenvalue weighted by molar-refractivity contribution is 6.06. The van der Waals surface area contributed by atoms with E-state index < -0.39 is 17.8 Å². The van der Waals surface area contributed by atoms with Crippen LogP contribution in [0.1, 0.15) is 43.0 Å². The minimum atomic E-state index is -0.818. The fourth-order valence-electron chi connectivity index (χ4n) is 2.11. The second-order valence-electron chi connectivity index (χ2n) is 5.58. The highest BCUT2D eigenvalue weighted by atomic mass is 16.5. The van der Waals surface area contributed by atoms with Crippen LogP contribution in [0.25, 0.3) is 0 Å². The molecule has 1 rings (SSSR count). The normalized spacial score (nSPS) is 10.6. The van der Waals surface area contributed by atoms with Crippen molar-refractivity contribution in [2.75, 3.05) is 18.5 Å². The number of ether oxygens (including phenoxy) is 1. The summed E-state index contributed by atoms with van der Waals surface area (Å²) in [6.07, 6.45) is 3.54. The largest absolute Gasteiger partial charge is 0.481 e. The van der Waals surface area contributed by atoms with E-state index >= 15 is 0 Å². The molecule has 1 aromatic rings. The molecule has 3 N–H and O–H groups in total. The molecule has 0 aromatic heterocycles. The zero-order valence-electron chi connectivity index (χ0n) is 15.2. The van der Waals surface area contributed by atoms with E-state index in [1.165, 1.54) is 18.3 Å². The van der Waals surface area contributed by atoms with E-state index in [-0.39, 0.29) is 18.6 Å². The molecule has 8 heteroatoms. The highest BCUT2D eigenvalue weighted by Gasteiger charge is 2.10. The number of carboxylic acids is 1. The van der Waals surface area contributed by atoms with Crippen LogP contribution in [0.3, 0.4) is 0 Å². The Morgan fingerprint density at radius 1 is 1.19 bits per heavy atom. The lowest BCUT2D eigenvalue weighted by atomic mass is 10.2. The predicted molar refractivity (Wildman–Crippen MR) is 98.8 cm³/mol. The molecule has 0 radical (unpaired) electrons. The molecule has 0 saturated heterocycles. The van der Waals surface area contributed by atoms with Gasteiger partial charge in [-0.05, 0) is 44.0 Å². The molecule has 0 fully saturated rings. The maximum atomic E-state index is 12.1. The molecule has 0 bridgehead atoms. The van der Waals surface area contributed by atoms with E-state index in [2.05, 4.69) is 10.6 Å². The Morgan fingerprint density at radius 2 is 1.89 bits per heavy atom. The minimum absolute atomic E-state index is 0.0880. The van der Waals surface area contributed by atoms with Crippen LogP contribution in [-0.4, -0.2) is 36.1 Å². The second kappa shape index (κ2) is 12.1. The zero-order chi connectivity index (χ0) is 20.1. The quantitative estimate of drug-likeness (QED) is 0.235. The summed E-state index contributed by atoms with van der Waals surface area (Å²) >= 11 is 0. The fourth-order valence-corrected chi connectivity index (χ4v) is 2.11. The molecule has 0 saturated carbocycles. The lowest BCUT2D eigenvalue weighted by Crippen LogP contribution is -2.17. The number of anilines is 1. The van der Waals surface area contributed by atoms with Gasteiger partial charge in [-0.1, -0.05) is 6.42 Å². The van der Waals surface area contributed by atoms with Crippen LogP contribution >= 0.6 is 0 Å². The van der Waals surface area contributed by atoms with Crippen LogP contribution in [0.5, 0.6) is 0 Å². The van der Waals surface area contributed by atoms with Gasteiger partial charge in [0.05, 0.1) is 12.2 Å². The number of nitrogens with one attached hydrogen (secondary N) is 2. The molecule has 144 valence electrons. The number of esters is 1. The third-order valence-electron chi connectivity index (χ3n) is 3.48. The Labute approximate surface area is 157 Å². The molecular weight excluding hydrogens is 350 g/mol. The van der Waals surface area contributed by atoms with Crippen molar-refractivity contribution in [1.82, 2.24) is 5.32 Å². The number of hydrogen-bond donors (Lipinski definition) is 3. The molecule has 0 aliphatic carbocycles. The summed E-state index contributed by atoms with van der Waals surface area (Å²) in [4.78, 5) is 34.1. The Morgan fingerprint density at radius 3 is 2.48 bits per heavy atom. The molecule has 0 aliphatic rings. The van der Waals surface area contributed by atoms with Gasteiger partial charge in [-0.2, -0.15) is 5.26 Å². The highest BCUT2D eigenvalue weighted by Crippen LogP contribution is 2.11. The van der Waals surface area contributed by atoms with Crippen molar-refractivity contribution in [3.63, 3.8) is 0 Å². The van der Waals surface area contributed by atoms with E-state index in [1.54, 1.807) is 19.1 Å². The van der Waals surface area contributed by atoms with Gasteiger partial charge < -0.3 is 20.5 Å². The van der Waals surface area contributed by atoms with E-state index in [4.69, 9.17) is 15.1 Å². The van der Waals surface area contributed by atoms with E-state index in [9.17, 15) is 14.4 Å². The van der Waals surface area contributed by atoms with Crippen molar-refractivity contribution in [2.24, 2.45) is 0 Å². The molecule has 1 amide bonds. The first-order valence-corrected chi connectivity index (χ1v) is 8.62. The lowest BCUT2D eigenvalue weighted by Gasteiger charge is -2.06. The number of carbonyl (C=O) groups excluding carboxylic acids is 2. The smallest absolute Gasteiger partial charge is 0.338 e. The van der Waals surface area contributed by atoms with E-state index in [1.807, 2.05) is 6.07 Å².